The minimum Gasteiger partial charge on any atom is -0.348 e. The van der Waals surface area contributed by atoms with Crippen LogP contribution in [0, 0.1) is 6.92 Å². The van der Waals surface area contributed by atoms with Gasteiger partial charge in [-0.15, -0.1) is 0 Å². The number of hydrogen-bond donors (Lipinski definition) is 2. The zero-order valence-electron chi connectivity index (χ0n) is 17.3. The van der Waals surface area contributed by atoms with Crippen LogP contribution in [0.5, 0.6) is 0 Å². The van der Waals surface area contributed by atoms with E-state index in [9.17, 15) is 14.4 Å². The van der Waals surface area contributed by atoms with E-state index in [0.717, 1.165) is 16.8 Å². The molecule has 0 aliphatic carbocycles. The lowest BCUT2D eigenvalue weighted by molar-refractivity contribution is -0.122. The molecule has 0 aliphatic rings. The fraction of sp³-hybridized carbons (Fsp3) is 0.273. The number of nitrogens with one attached hydrogen (secondary N) is 2. The van der Waals surface area contributed by atoms with E-state index < -0.39 is 11.5 Å². The van der Waals surface area contributed by atoms with Gasteiger partial charge in [-0.05, 0) is 31.5 Å². The number of amides is 2. The minimum atomic E-state index is -0.511. The van der Waals surface area contributed by atoms with Crippen molar-refractivity contribution < 1.29 is 9.59 Å². The van der Waals surface area contributed by atoms with Crippen molar-refractivity contribution in [3.8, 4) is 0 Å². The van der Waals surface area contributed by atoms with Crippen LogP contribution in [-0.2, 0) is 24.9 Å². The molecule has 0 saturated carbocycles. The lowest BCUT2D eigenvalue weighted by Gasteiger charge is -2.14. The zero-order valence-corrected chi connectivity index (χ0v) is 17.3. The van der Waals surface area contributed by atoms with Crippen molar-refractivity contribution in [1.29, 1.82) is 0 Å². The Labute approximate surface area is 174 Å². The van der Waals surface area contributed by atoms with E-state index in [0.29, 0.717) is 6.54 Å². The highest BCUT2D eigenvalue weighted by atomic mass is 16.2. The van der Waals surface area contributed by atoms with Gasteiger partial charge in [-0.1, -0.05) is 30.3 Å². The topological polar surface area (TPSA) is 98.0 Å². The zero-order chi connectivity index (χ0) is 21.7. The van der Waals surface area contributed by atoms with Crippen molar-refractivity contribution in [2.75, 3.05) is 0 Å². The number of benzene rings is 1. The number of nitrogens with zero attached hydrogens (tertiary/aromatic N) is 3. The van der Waals surface area contributed by atoms with E-state index in [-0.39, 0.29) is 24.1 Å². The Morgan fingerprint density at radius 3 is 2.53 bits per heavy atom. The third-order valence-corrected chi connectivity index (χ3v) is 4.77. The summed E-state index contributed by atoms with van der Waals surface area (Å²) < 4.78 is 2.92. The molecule has 0 spiro atoms. The first kappa shape index (κ1) is 21.0. The van der Waals surface area contributed by atoms with E-state index in [1.165, 1.54) is 16.8 Å². The Morgan fingerprint density at radius 2 is 1.87 bits per heavy atom. The molecule has 0 aliphatic heterocycles. The van der Waals surface area contributed by atoms with Gasteiger partial charge in [-0.2, -0.15) is 5.10 Å². The Bertz CT molecular complexity index is 1100. The largest absolute Gasteiger partial charge is 0.348 e. The van der Waals surface area contributed by atoms with Crippen molar-refractivity contribution in [3.05, 3.63) is 87.6 Å². The third kappa shape index (κ3) is 5.02. The number of hydrogen-bond acceptors (Lipinski definition) is 4. The molecule has 1 atom stereocenters. The van der Waals surface area contributed by atoms with Crippen LogP contribution in [-0.4, -0.2) is 26.2 Å². The van der Waals surface area contributed by atoms with E-state index in [1.54, 1.807) is 10.7 Å². The van der Waals surface area contributed by atoms with Crippen LogP contribution in [0.1, 0.15) is 40.1 Å². The second kappa shape index (κ2) is 9.21. The van der Waals surface area contributed by atoms with E-state index in [1.807, 2.05) is 57.4 Å². The Kier molecular flexibility index (Phi) is 6.46. The number of pyridine rings is 1. The Balaban J connectivity index is 1.65. The SMILES string of the molecule is Cc1nn(C)cc1C(C)NC(=O)Cn1cccc(C(=O)NCc2ccccc2)c1=O. The molecule has 30 heavy (non-hydrogen) atoms. The molecular weight excluding hydrogens is 382 g/mol. The second-order valence-corrected chi connectivity index (χ2v) is 7.16. The quantitative estimate of drug-likeness (QED) is 0.623. The van der Waals surface area contributed by atoms with Gasteiger partial charge in [0.15, 0.2) is 0 Å². The minimum absolute atomic E-state index is 0.00242. The van der Waals surface area contributed by atoms with Crippen molar-refractivity contribution in [1.82, 2.24) is 25.0 Å². The molecule has 1 unspecified atom stereocenters. The average molecular weight is 407 g/mol. The maximum absolute atomic E-state index is 12.7. The van der Waals surface area contributed by atoms with Gasteiger partial charge in [0.25, 0.3) is 11.5 Å². The number of aromatic nitrogens is 3. The normalized spacial score (nSPS) is 11.7. The number of aryl methyl sites for hydroxylation is 2. The van der Waals surface area contributed by atoms with Gasteiger partial charge >= 0.3 is 0 Å². The monoisotopic (exact) mass is 407 g/mol. The first-order chi connectivity index (χ1) is 14.3. The van der Waals surface area contributed by atoms with Crippen molar-refractivity contribution >= 4 is 11.8 Å². The molecule has 2 amide bonds. The second-order valence-electron chi connectivity index (χ2n) is 7.16. The van der Waals surface area contributed by atoms with Crippen molar-refractivity contribution in [3.63, 3.8) is 0 Å². The Morgan fingerprint density at radius 1 is 1.13 bits per heavy atom. The number of carbonyl (C=O) groups excluding carboxylic acids is 2. The summed E-state index contributed by atoms with van der Waals surface area (Å²) in [6.07, 6.45) is 3.35. The first-order valence-electron chi connectivity index (χ1n) is 9.66. The third-order valence-electron chi connectivity index (χ3n) is 4.77. The van der Waals surface area contributed by atoms with Crippen molar-refractivity contribution in [2.24, 2.45) is 7.05 Å². The molecule has 8 nitrogen and oxygen atoms in total. The molecule has 0 fully saturated rings. The maximum Gasteiger partial charge on any atom is 0.263 e. The molecule has 2 heterocycles. The lowest BCUT2D eigenvalue weighted by atomic mass is 10.1. The lowest BCUT2D eigenvalue weighted by Crippen LogP contribution is -2.37. The Hall–Kier alpha value is -3.68. The van der Waals surface area contributed by atoms with Crippen molar-refractivity contribution in [2.45, 2.75) is 33.0 Å². The summed E-state index contributed by atoms with van der Waals surface area (Å²) in [5.41, 5.74) is 2.16. The van der Waals surface area contributed by atoms with Crippen LogP contribution in [0.3, 0.4) is 0 Å². The summed E-state index contributed by atoms with van der Waals surface area (Å²) in [6.45, 7) is 3.87. The molecule has 2 aromatic heterocycles. The maximum atomic E-state index is 12.7. The van der Waals surface area contributed by atoms with Gasteiger partial charge in [0.1, 0.15) is 12.1 Å². The van der Waals surface area contributed by atoms with Gasteiger partial charge in [0.2, 0.25) is 5.91 Å². The van der Waals surface area contributed by atoms with Gasteiger partial charge in [-0.25, -0.2) is 0 Å². The number of rotatable bonds is 7. The predicted molar refractivity (Wildman–Crippen MR) is 113 cm³/mol. The summed E-state index contributed by atoms with van der Waals surface area (Å²) in [5, 5.41) is 9.88. The van der Waals surface area contributed by atoms with Crippen LogP contribution in [0.2, 0.25) is 0 Å². The molecular formula is C22H25N5O3. The number of carbonyl (C=O) groups is 2. The molecule has 1 aromatic carbocycles. The highest BCUT2D eigenvalue weighted by Gasteiger charge is 2.17. The molecule has 0 saturated heterocycles. The van der Waals surface area contributed by atoms with Crippen LogP contribution >= 0.6 is 0 Å². The first-order valence-corrected chi connectivity index (χ1v) is 9.66. The van der Waals surface area contributed by atoms with Crippen LogP contribution in [0.4, 0.5) is 0 Å². The summed E-state index contributed by atoms with van der Waals surface area (Å²) in [7, 11) is 1.82. The van der Waals surface area contributed by atoms with Crippen LogP contribution in [0.25, 0.3) is 0 Å². The highest BCUT2D eigenvalue weighted by molar-refractivity contribution is 5.93. The van der Waals surface area contributed by atoms with Gasteiger partial charge in [-0.3, -0.25) is 19.1 Å². The molecule has 3 rings (SSSR count). The molecule has 3 aromatic rings. The smallest absolute Gasteiger partial charge is 0.263 e. The molecule has 8 heteroatoms. The molecule has 2 N–H and O–H groups in total. The van der Waals surface area contributed by atoms with Crippen LogP contribution in [0.15, 0.2) is 59.7 Å². The fourth-order valence-corrected chi connectivity index (χ4v) is 3.27. The standard InChI is InChI=1S/C22H25N5O3/c1-15(19-13-26(3)25-16(19)2)24-20(28)14-27-11-7-10-18(22(27)30)21(29)23-12-17-8-5-4-6-9-17/h4-11,13,15H,12,14H2,1-3H3,(H,23,29)(H,24,28). The van der Waals surface area contributed by atoms with E-state index in [2.05, 4.69) is 15.7 Å². The average Bonchev–Trinajstić information content (AvgIpc) is 3.06. The molecule has 0 radical (unpaired) electrons. The summed E-state index contributed by atoms with van der Waals surface area (Å²) in [6, 6.07) is 12.2. The van der Waals surface area contributed by atoms with E-state index in [4.69, 9.17) is 0 Å². The summed E-state index contributed by atoms with van der Waals surface area (Å²) in [4.78, 5) is 37.6. The van der Waals surface area contributed by atoms with Gasteiger partial charge in [0, 0.05) is 31.5 Å². The van der Waals surface area contributed by atoms with Gasteiger partial charge < -0.3 is 15.2 Å². The fourth-order valence-electron chi connectivity index (χ4n) is 3.27. The molecule has 0 bridgehead atoms. The van der Waals surface area contributed by atoms with Gasteiger partial charge in [0.05, 0.1) is 11.7 Å². The molecule has 156 valence electrons. The highest BCUT2D eigenvalue weighted by Crippen LogP contribution is 2.15. The summed E-state index contributed by atoms with van der Waals surface area (Å²) >= 11 is 0. The predicted octanol–water partition coefficient (Wildman–Crippen LogP) is 1.70. The van der Waals surface area contributed by atoms with E-state index >= 15 is 0 Å². The summed E-state index contributed by atoms with van der Waals surface area (Å²) in [5.74, 6) is -0.798. The van der Waals surface area contributed by atoms with Crippen LogP contribution < -0.4 is 16.2 Å².